The average Bonchev–Trinajstić information content (AvgIpc) is 2.82. The van der Waals surface area contributed by atoms with Crippen molar-refractivity contribution in [2.45, 2.75) is 44.9 Å². The maximum atomic E-state index is 12.6. The topological polar surface area (TPSA) is 102 Å². The molecule has 1 aliphatic rings. The van der Waals surface area contributed by atoms with Crippen molar-refractivity contribution in [1.82, 2.24) is 10.6 Å². The highest BCUT2D eigenvalue weighted by molar-refractivity contribution is 7.91. The van der Waals surface area contributed by atoms with Crippen LogP contribution in [0.25, 0.3) is 0 Å². The summed E-state index contributed by atoms with van der Waals surface area (Å²) >= 11 is 0. The molecule has 2 amide bonds. The predicted molar refractivity (Wildman–Crippen MR) is 93.8 cm³/mol. The van der Waals surface area contributed by atoms with Crippen LogP contribution >= 0.6 is 0 Å². The number of amides is 2. The monoisotopic (exact) mass is 368 g/mol. The molecule has 1 aromatic carbocycles. The molecule has 0 spiro atoms. The summed E-state index contributed by atoms with van der Waals surface area (Å²) in [5.41, 5.74) is -0.104. The molecule has 0 aliphatic carbocycles. The van der Waals surface area contributed by atoms with E-state index in [4.69, 9.17) is 4.74 Å². The van der Waals surface area contributed by atoms with Gasteiger partial charge in [0.05, 0.1) is 11.5 Å². The number of sulfone groups is 1. The van der Waals surface area contributed by atoms with Crippen LogP contribution in [-0.2, 0) is 19.4 Å². The summed E-state index contributed by atoms with van der Waals surface area (Å²) in [6.45, 7) is 5.19. The number of carbonyl (C=O) groups is 2. The first-order valence-corrected chi connectivity index (χ1v) is 9.93. The third-order valence-corrected chi connectivity index (χ3v) is 5.40. The third-order valence-electron chi connectivity index (χ3n) is 3.63. The first kappa shape index (κ1) is 19.2. The van der Waals surface area contributed by atoms with Crippen LogP contribution in [0.1, 0.15) is 38.8 Å². The molecule has 7 nitrogen and oxygen atoms in total. The van der Waals surface area contributed by atoms with Gasteiger partial charge in [0.25, 0.3) is 0 Å². The van der Waals surface area contributed by atoms with E-state index in [9.17, 15) is 18.0 Å². The van der Waals surface area contributed by atoms with Crippen molar-refractivity contribution in [3.8, 4) is 0 Å². The molecule has 2 atom stereocenters. The Hall–Kier alpha value is -2.09. The second-order valence-corrected chi connectivity index (χ2v) is 9.33. The molecule has 1 heterocycles. The number of benzene rings is 1. The molecule has 0 aromatic heterocycles. The lowest BCUT2D eigenvalue weighted by molar-refractivity contribution is -0.123. The van der Waals surface area contributed by atoms with E-state index in [0.29, 0.717) is 12.0 Å². The lowest BCUT2D eigenvalue weighted by Gasteiger charge is -2.24. The van der Waals surface area contributed by atoms with Gasteiger partial charge >= 0.3 is 6.09 Å². The molecular formula is C17H24N2O5S. The van der Waals surface area contributed by atoms with Gasteiger partial charge in [-0.15, -0.1) is 0 Å². The predicted octanol–water partition coefficient (Wildman–Crippen LogP) is 1.56. The smallest absolute Gasteiger partial charge is 0.408 e. The number of carbonyl (C=O) groups excluding carboxylic acids is 2. The van der Waals surface area contributed by atoms with Crippen LogP contribution in [0.5, 0.6) is 0 Å². The maximum Gasteiger partial charge on any atom is 0.408 e. The molecule has 0 saturated carbocycles. The zero-order chi connectivity index (χ0) is 18.7. The Labute approximate surface area is 148 Å². The van der Waals surface area contributed by atoms with Crippen molar-refractivity contribution in [3.63, 3.8) is 0 Å². The number of ether oxygens (including phenoxy) is 1. The van der Waals surface area contributed by atoms with Crippen molar-refractivity contribution in [2.75, 3.05) is 11.5 Å². The Morgan fingerprint density at radius 1 is 1.20 bits per heavy atom. The Morgan fingerprint density at radius 2 is 1.84 bits per heavy atom. The molecule has 138 valence electrons. The molecule has 0 radical (unpaired) electrons. The van der Waals surface area contributed by atoms with E-state index < -0.39 is 39.5 Å². The van der Waals surface area contributed by atoms with Gasteiger partial charge in [-0.25, -0.2) is 13.2 Å². The molecule has 1 unspecified atom stereocenters. The van der Waals surface area contributed by atoms with Gasteiger partial charge in [-0.3, -0.25) is 4.79 Å². The number of nitrogens with one attached hydrogen (secondary N) is 2. The summed E-state index contributed by atoms with van der Waals surface area (Å²) in [6.07, 6.45) is -0.335. The maximum absolute atomic E-state index is 12.6. The van der Waals surface area contributed by atoms with Gasteiger partial charge in [0, 0.05) is 6.04 Å². The highest BCUT2D eigenvalue weighted by Crippen LogP contribution is 2.17. The first-order chi connectivity index (χ1) is 11.6. The van der Waals surface area contributed by atoms with E-state index in [2.05, 4.69) is 10.6 Å². The Bertz CT molecular complexity index is 725. The van der Waals surface area contributed by atoms with Crippen LogP contribution in [-0.4, -0.2) is 43.6 Å². The summed E-state index contributed by atoms with van der Waals surface area (Å²) in [7, 11) is -3.11. The summed E-state index contributed by atoms with van der Waals surface area (Å²) < 4.78 is 28.3. The second kappa shape index (κ2) is 7.43. The third kappa shape index (κ3) is 6.04. The molecule has 2 N–H and O–H groups in total. The Kier molecular flexibility index (Phi) is 5.72. The summed E-state index contributed by atoms with van der Waals surface area (Å²) in [5.74, 6) is -0.473. The fraction of sp³-hybridized carbons (Fsp3) is 0.529. The van der Waals surface area contributed by atoms with Gasteiger partial charge in [-0.05, 0) is 32.8 Å². The van der Waals surface area contributed by atoms with Crippen molar-refractivity contribution in [3.05, 3.63) is 35.9 Å². The van der Waals surface area contributed by atoms with Crippen LogP contribution in [0, 0.1) is 0 Å². The Balaban J connectivity index is 2.11. The van der Waals surface area contributed by atoms with Crippen LogP contribution < -0.4 is 10.6 Å². The fourth-order valence-corrected chi connectivity index (χ4v) is 4.24. The SMILES string of the molecule is CC(C)(C)OC(=O)N[C@H](C(=O)NC1CCS(=O)(=O)C1)c1ccccc1. The van der Waals surface area contributed by atoms with Crippen LogP contribution in [0.15, 0.2) is 30.3 Å². The minimum absolute atomic E-state index is 0.0629. The number of rotatable bonds is 4. The molecule has 2 rings (SSSR count). The highest BCUT2D eigenvalue weighted by Gasteiger charge is 2.32. The quantitative estimate of drug-likeness (QED) is 0.840. The molecule has 8 heteroatoms. The first-order valence-electron chi connectivity index (χ1n) is 8.11. The molecule has 1 saturated heterocycles. The average molecular weight is 368 g/mol. The van der Waals surface area contributed by atoms with Gasteiger partial charge < -0.3 is 15.4 Å². The summed E-state index contributed by atoms with van der Waals surface area (Å²) in [6, 6.07) is 7.34. The van der Waals surface area contributed by atoms with E-state index in [-0.39, 0.29) is 11.5 Å². The zero-order valence-electron chi connectivity index (χ0n) is 14.6. The minimum Gasteiger partial charge on any atom is -0.444 e. The zero-order valence-corrected chi connectivity index (χ0v) is 15.4. The summed E-state index contributed by atoms with van der Waals surface area (Å²) in [4.78, 5) is 24.7. The molecule has 25 heavy (non-hydrogen) atoms. The summed E-state index contributed by atoms with van der Waals surface area (Å²) in [5, 5.41) is 5.27. The molecule has 1 aromatic rings. The van der Waals surface area contributed by atoms with Gasteiger partial charge in [-0.2, -0.15) is 0 Å². The van der Waals surface area contributed by atoms with E-state index in [0.717, 1.165) is 0 Å². The van der Waals surface area contributed by atoms with Crippen LogP contribution in [0.3, 0.4) is 0 Å². The van der Waals surface area contributed by atoms with Crippen molar-refractivity contribution in [2.24, 2.45) is 0 Å². The normalized spacial score (nSPS) is 20.5. The van der Waals surface area contributed by atoms with Crippen LogP contribution in [0.4, 0.5) is 4.79 Å². The lowest BCUT2D eigenvalue weighted by Crippen LogP contribution is -2.46. The molecule has 1 fully saturated rings. The van der Waals surface area contributed by atoms with Crippen molar-refractivity contribution >= 4 is 21.8 Å². The molecular weight excluding hydrogens is 344 g/mol. The Morgan fingerprint density at radius 3 is 2.36 bits per heavy atom. The minimum atomic E-state index is -3.11. The lowest BCUT2D eigenvalue weighted by atomic mass is 10.1. The largest absolute Gasteiger partial charge is 0.444 e. The van der Waals surface area contributed by atoms with Crippen molar-refractivity contribution < 1.29 is 22.7 Å². The van der Waals surface area contributed by atoms with Gasteiger partial charge in [0.2, 0.25) is 5.91 Å². The number of alkyl carbamates (subject to hydrolysis) is 1. The van der Waals surface area contributed by atoms with Gasteiger partial charge in [-0.1, -0.05) is 30.3 Å². The molecule has 1 aliphatic heterocycles. The van der Waals surface area contributed by atoms with E-state index in [1.54, 1.807) is 51.1 Å². The van der Waals surface area contributed by atoms with Crippen LogP contribution in [0.2, 0.25) is 0 Å². The fourth-order valence-electron chi connectivity index (χ4n) is 2.56. The van der Waals surface area contributed by atoms with Crippen molar-refractivity contribution in [1.29, 1.82) is 0 Å². The number of hydrogen-bond donors (Lipinski definition) is 2. The number of hydrogen-bond acceptors (Lipinski definition) is 5. The standard InChI is InChI=1S/C17H24N2O5S/c1-17(2,3)24-16(21)19-14(12-7-5-4-6-8-12)15(20)18-13-9-10-25(22,23)11-13/h4-8,13-14H,9-11H2,1-3H3,(H,18,20)(H,19,21)/t13?,14-/m0/s1. The highest BCUT2D eigenvalue weighted by atomic mass is 32.2. The van der Waals surface area contributed by atoms with E-state index >= 15 is 0 Å². The van der Waals surface area contributed by atoms with Gasteiger partial charge in [0.15, 0.2) is 9.84 Å². The van der Waals surface area contributed by atoms with Gasteiger partial charge in [0.1, 0.15) is 11.6 Å². The second-order valence-electron chi connectivity index (χ2n) is 7.10. The van der Waals surface area contributed by atoms with E-state index in [1.807, 2.05) is 0 Å². The molecule has 0 bridgehead atoms. The van der Waals surface area contributed by atoms with E-state index in [1.165, 1.54) is 0 Å².